The molecular weight excluding hydrogens is 341 g/mol. The fourth-order valence-corrected chi connectivity index (χ4v) is 2.13. The Morgan fingerprint density at radius 3 is 2.62 bits per heavy atom. The Hall–Kier alpha value is -2.39. The molecule has 0 radical (unpaired) electrons. The normalized spacial score (nSPS) is 10.0. The van der Waals surface area contributed by atoms with E-state index in [4.69, 9.17) is 15.1 Å². The molecule has 0 saturated heterocycles. The third-order valence-corrected chi connectivity index (χ3v) is 3.53. The summed E-state index contributed by atoms with van der Waals surface area (Å²) in [6.45, 7) is 1.75. The number of ether oxygens (including phenoxy) is 1. The summed E-state index contributed by atoms with van der Waals surface area (Å²) < 4.78 is 19.4. The lowest BCUT2D eigenvalue weighted by Gasteiger charge is -2.11. The lowest BCUT2D eigenvalue weighted by Crippen LogP contribution is -2.01. The van der Waals surface area contributed by atoms with Crippen molar-refractivity contribution in [2.75, 3.05) is 0 Å². The van der Waals surface area contributed by atoms with Gasteiger partial charge in [-0.1, -0.05) is 11.6 Å². The van der Waals surface area contributed by atoms with Gasteiger partial charge in [0.15, 0.2) is 11.6 Å². The van der Waals surface area contributed by atoms with Crippen molar-refractivity contribution in [3.8, 4) is 17.6 Å². The van der Waals surface area contributed by atoms with Gasteiger partial charge < -0.3 is 9.84 Å². The number of rotatable bonds is 3. The number of aryl methyl sites for hydroxylation is 1. The van der Waals surface area contributed by atoms with Crippen LogP contribution in [0.1, 0.15) is 21.5 Å². The van der Waals surface area contributed by atoms with Crippen LogP contribution in [0.25, 0.3) is 0 Å². The Bertz CT molecular complexity index is 768. The number of carboxylic acids is 1. The SMILES string of the molecule is Cc1ccc(Oc2ccc(C#N)c(Br)c2F)c(C(=O)O)c1. The average Bonchev–Trinajstić information content (AvgIpc) is 2.45. The number of hydrogen-bond acceptors (Lipinski definition) is 3. The fraction of sp³-hybridized carbons (Fsp3) is 0.0667. The Balaban J connectivity index is 2.47. The number of carbonyl (C=O) groups is 1. The van der Waals surface area contributed by atoms with Crippen LogP contribution in [0.3, 0.4) is 0 Å². The molecule has 4 nitrogen and oxygen atoms in total. The molecule has 0 bridgehead atoms. The van der Waals surface area contributed by atoms with Crippen LogP contribution in [0.5, 0.6) is 11.5 Å². The Kier molecular flexibility index (Phi) is 4.24. The molecule has 1 N–H and O–H groups in total. The van der Waals surface area contributed by atoms with Gasteiger partial charge in [0.05, 0.1) is 10.0 Å². The first-order chi connectivity index (χ1) is 9.93. The van der Waals surface area contributed by atoms with Crippen LogP contribution in [0.2, 0.25) is 0 Å². The third kappa shape index (κ3) is 3.03. The zero-order valence-electron chi connectivity index (χ0n) is 10.9. The van der Waals surface area contributed by atoms with Crippen LogP contribution in [0.15, 0.2) is 34.8 Å². The maximum Gasteiger partial charge on any atom is 0.339 e. The van der Waals surface area contributed by atoms with E-state index in [1.54, 1.807) is 13.0 Å². The first-order valence-corrected chi connectivity index (χ1v) is 6.63. The maximum absolute atomic E-state index is 14.1. The topological polar surface area (TPSA) is 70.3 Å². The van der Waals surface area contributed by atoms with E-state index in [1.165, 1.54) is 24.3 Å². The van der Waals surface area contributed by atoms with Gasteiger partial charge in [0, 0.05) is 0 Å². The summed E-state index contributed by atoms with van der Waals surface area (Å²) in [7, 11) is 0. The monoisotopic (exact) mass is 349 g/mol. The van der Waals surface area contributed by atoms with Crippen molar-refractivity contribution >= 4 is 21.9 Å². The minimum Gasteiger partial charge on any atom is -0.478 e. The van der Waals surface area contributed by atoms with Crippen molar-refractivity contribution in [2.45, 2.75) is 6.92 Å². The quantitative estimate of drug-likeness (QED) is 0.898. The molecule has 0 aliphatic heterocycles. The molecule has 0 spiro atoms. The third-order valence-electron chi connectivity index (χ3n) is 2.75. The van der Waals surface area contributed by atoms with Gasteiger partial charge in [0.1, 0.15) is 17.4 Å². The molecule has 0 heterocycles. The molecule has 0 saturated carbocycles. The van der Waals surface area contributed by atoms with Gasteiger partial charge >= 0.3 is 5.97 Å². The molecular formula is C15H9BrFNO3. The molecule has 2 aromatic carbocycles. The van der Waals surface area contributed by atoms with Crippen molar-refractivity contribution in [1.29, 1.82) is 5.26 Å². The second-order valence-corrected chi connectivity index (χ2v) is 5.05. The summed E-state index contributed by atoms with van der Waals surface area (Å²) in [6, 6.07) is 9.06. The van der Waals surface area contributed by atoms with E-state index in [9.17, 15) is 9.18 Å². The minimum absolute atomic E-state index is 0.0218. The van der Waals surface area contributed by atoms with E-state index in [1.807, 2.05) is 6.07 Å². The van der Waals surface area contributed by atoms with Crippen LogP contribution in [-0.2, 0) is 0 Å². The van der Waals surface area contributed by atoms with Gasteiger partial charge in [-0.05, 0) is 47.1 Å². The zero-order chi connectivity index (χ0) is 15.6. The number of aromatic carboxylic acids is 1. The summed E-state index contributed by atoms with van der Waals surface area (Å²) in [5.74, 6) is -2.05. The van der Waals surface area contributed by atoms with Gasteiger partial charge in [-0.2, -0.15) is 5.26 Å². The average molecular weight is 350 g/mol. The van der Waals surface area contributed by atoms with Crippen molar-refractivity contribution in [2.24, 2.45) is 0 Å². The first-order valence-electron chi connectivity index (χ1n) is 5.84. The standard InChI is InChI=1S/C15H9BrFNO3/c1-8-2-4-11(10(6-8)15(19)20)21-12-5-3-9(7-18)13(16)14(12)17/h2-6H,1H3,(H,19,20). The number of benzene rings is 2. The highest BCUT2D eigenvalue weighted by Gasteiger charge is 2.17. The highest BCUT2D eigenvalue weighted by Crippen LogP contribution is 2.33. The molecule has 0 unspecified atom stereocenters. The van der Waals surface area contributed by atoms with Crippen molar-refractivity contribution < 1.29 is 19.0 Å². The summed E-state index contributed by atoms with van der Waals surface area (Å²) in [6.07, 6.45) is 0. The van der Waals surface area contributed by atoms with Crippen LogP contribution in [0, 0.1) is 24.1 Å². The van der Waals surface area contributed by atoms with E-state index in [0.29, 0.717) is 0 Å². The van der Waals surface area contributed by atoms with E-state index in [0.717, 1.165) is 5.56 Å². The van der Waals surface area contributed by atoms with E-state index in [2.05, 4.69) is 15.9 Å². The van der Waals surface area contributed by atoms with Crippen LogP contribution in [0.4, 0.5) is 4.39 Å². The lowest BCUT2D eigenvalue weighted by molar-refractivity contribution is 0.0694. The fourth-order valence-electron chi connectivity index (χ4n) is 1.72. The van der Waals surface area contributed by atoms with Crippen LogP contribution < -0.4 is 4.74 Å². The number of nitrogens with zero attached hydrogens (tertiary/aromatic N) is 1. The first kappa shape index (κ1) is 15.0. The van der Waals surface area contributed by atoms with Gasteiger partial charge in [-0.15, -0.1) is 0 Å². The largest absolute Gasteiger partial charge is 0.478 e. The molecule has 0 amide bonds. The van der Waals surface area contributed by atoms with Gasteiger partial charge in [-0.25, -0.2) is 9.18 Å². The summed E-state index contributed by atoms with van der Waals surface area (Å²) in [5.41, 5.74) is 0.818. The van der Waals surface area contributed by atoms with Crippen LogP contribution in [-0.4, -0.2) is 11.1 Å². The van der Waals surface area contributed by atoms with Gasteiger partial charge in [0.2, 0.25) is 0 Å². The smallest absolute Gasteiger partial charge is 0.339 e. The predicted octanol–water partition coefficient (Wildman–Crippen LogP) is 4.26. The lowest BCUT2D eigenvalue weighted by atomic mass is 10.1. The molecule has 0 aliphatic rings. The van der Waals surface area contributed by atoms with Crippen LogP contribution >= 0.6 is 15.9 Å². The Morgan fingerprint density at radius 1 is 1.33 bits per heavy atom. The number of nitriles is 1. The summed E-state index contributed by atoms with van der Waals surface area (Å²) in [4.78, 5) is 11.2. The Morgan fingerprint density at radius 2 is 2.00 bits per heavy atom. The molecule has 0 fully saturated rings. The van der Waals surface area contributed by atoms with Gasteiger partial charge in [0.25, 0.3) is 0 Å². The van der Waals surface area contributed by atoms with E-state index in [-0.39, 0.29) is 27.1 Å². The second-order valence-electron chi connectivity index (χ2n) is 4.26. The summed E-state index contributed by atoms with van der Waals surface area (Å²) in [5, 5.41) is 18.0. The molecule has 106 valence electrons. The zero-order valence-corrected chi connectivity index (χ0v) is 12.4. The molecule has 2 aromatic rings. The molecule has 21 heavy (non-hydrogen) atoms. The number of carboxylic acid groups (broad SMARTS) is 1. The molecule has 0 atom stereocenters. The molecule has 2 rings (SSSR count). The number of halogens is 2. The van der Waals surface area contributed by atoms with Crippen molar-refractivity contribution in [1.82, 2.24) is 0 Å². The molecule has 6 heteroatoms. The predicted molar refractivity (Wildman–Crippen MR) is 77.0 cm³/mol. The van der Waals surface area contributed by atoms with Crippen molar-refractivity contribution in [3.63, 3.8) is 0 Å². The molecule has 0 aliphatic carbocycles. The highest BCUT2D eigenvalue weighted by atomic mass is 79.9. The van der Waals surface area contributed by atoms with E-state index >= 15 is 0 Å². The second kappa shape index (κ2) is 5.94. The molecule has 0 aromatic heterocycles. The van der Waals surface area contributed by atoms with Crippen molar-refractivity contribution in [3.05, 3.63) is 57.3 Å². The minimum atomic E-state index is -1.16. The number of hydrogen-bond donors (Lipinski definition) is 1. The van der Waals surface area contributed by atoms with E-state index < -0.39 is 11.8 Å². The van der Waals surface area contributed by atoms with Gasteiger partial charge in [-0.3, -0.25) is 0 Å². The summed E-state index contributed by atoms with van der Waals surface area (Å²) >= 11 is 2.97. The Labute approximate surface area is 128 Å². The highest BCUT2D eigenvalue weighted by molar-refractivity contribution is 9.10. The maximum atomic E-state index is 14.1.